The molecule has 0 radical (unpaired) electrons. The zero-order chi connectivity index (χ0) is 66.3. The lowest BCUT2D eigenvalue weighted by molar-refractivity contribution is -0.137. The molecule has 0 heterocycles. The maximum absolute atomic E-state index is 12.9. The summed E-state index contributed by atoms with van der Waals surface area (Å²) in [4.78, 5) is 39.3. The van der Waals surface area contributed by atoms with E-state index in [1.807, 2.05) is 50.1 Å². The van der Waals surface area contributed by atoms with E-state index in [1.165, 1.54) is 60.1 Å². The number of nitrogens with zero attached hydrogens (tertiary/aromatic N) is 2. The van der Waals surface area contributed by atoms with Gasteiger partial charge in [-0.25, -0.2) is 26.7 Å². The summed E-state index contributed by atoms with van der Waals surface area (Å²) in [5.74, 6) is 1.51. The number of sulfonamides is 2. The molecule has 3 aliphatic carbocycles. The first-order chi connectivity index (χ1) is 40.9. The Labute approximate surface area is 535 Å². The van der Waals surface area contributed by atoms with Crippen molar-refractivity contribution in [1.82, 2.24) is 14.5 Å². The third-order valence-electron chi connectivity index (χ3n) is 15.6. The fraction of sp³-hybridized carbons (Fsp3) is 0.522. The van der Waals surface area contributed by atoms with Gasteiger partial charge in [0.05, 0.1) is 29.1 Å². The molecule has 88 heavy (non-hydrogen) atoms. The Morgan fingerprint density at radius 3 is 1.05 bits per heavy atom. The molecule has 5 aromatic carbocycles. The molecule has 3 saturated carbocycles. The largest absolute Gasteiger partial charge is 0.481 e. The van der Waals surface area contributed by atoms with E-state index in [4.69, 9.17) is 20.3 Å². The Hall–Kier alpha value is -5.25. The number of carbonyl (C=O) groups excluding carboxylic acids is 1. The number of nitrogens with two attached hydrogens (primary N) is 1. The number of halogens is 1. The normalized spacial score (nSPS) is 14.0. The smallest absolute Gasteiger partial charge is 0.454 e. The summed E-state index contributed by atoms with van der Waals surface area (Å²) in [6.07, 6.45) is 7.32. The van der Waals surface area contributed by atoms with Crippen LogP contribution >= 0.6 is 15.9 Å². The number of carbonyl (C=O) groups is 3. The van der Waals surface area contributed by atoms with Gasteiger partial charge in [-0.05, 0) is 216 Å². The number of amides is 1. The highest BCUT2D eigenvalue weighted by atomic mass is 79.9. The Bertz CT molecular complexity index is 3270. The van der Waals surface area contributed by atoms with Gasteiger partial charge < -0.3 is 30.1 Å². The zero-order valence-corrected chi connectivity index (χ0v) is 58.2. The minimum absolute atomic E-state index is 0.0594. The molecule has 19 heteroatoms. The highest BCUT2D eigenvalue weighted by molar-refractivity contribution is 9.10. The lowest BCUT2D eigenvalue weighted by atomic mass is 9.84. The van der Waals surface area contributed by atoms with Crippen LogP contribution in [0.4, 0.5) is 0 Å². The standard InChI is InChI=1S/C26H36N2O3S.C17H24O2.C14H19BrO2.C9H14N2O2S.C3H7BO2/c1-17(2)23-13-21(20-9-10-20)14-24(18(3)4)25(23)15-26(29)27-32(30,31)22-11-7-19(8-12-22)16-28(5)6;1-10(2)14-7-13(12-5-6-12)8-15(11(3)4)16(14)9-17(18)19;1-8(2)11-5-10(15)6-12(9(3)4)13(11)7-14(16)17;1-11(2)7-8-3-5-9(6-4-8)14(10,12)13;5-4(6)3-1-2-3/h7-8,11-14,17-18,20H,9-10,15-16H2,1-6H3,(H,27,29);7-8,10-12H,5-6,9H2,1-4H3,(H,18,19);5-6,8-9H,7H2,1-4H3,(H,16,17);3-6H,7H2,1-2H3,(H2,10,12,13);3,5-6H,1-2H2. The molecule has 0 aromatic heterocycles. The van der Waals surface area contributed by atoms with Crippen LogP contribution in [-0.4, -0.2) is 100 Å². The highest BCUT2D eigenvalue weighted by Gasteiger charge is 2.33. The quantitative estimate of drug-likeness (QED) is 0.0354. The van der Waals surface area contributed by atoms with Crippen molar-refractivity contribution in [2.24, 2.45) is 5.14 Å². The Morgan fingerprint density at radius 1 is 0.511 bits per heavy atom. The van der Waals surface area contributed by atoms with Crippen LogP contribution < -0.4 is 9.86 Å². The summed E-state index contributed by atoms with van der Waals surface area (Å²) in [6, 6.07) is 26.3. The molecule has 0 atom stereocenters. The van der Waals surface area contributed by atoms with Gasteiger partial charge in [-0.3, -0.25) is 14.4 Å². The topological polar surface area (TPSA) is 245 Å². The van der Waals surface area contributed by atoms with Crippen molar-refractivity contribution in [2.45, 2.75) is 217 Å². The first kappa shape index (κ1) is 75.2. The molecule has 7 N–H and O–H groups in total. The maximum atomic E-state index is 12.9. The fourth-order valence-electron chi connectivity index (χ4n) is 10.6. The number of hydrogen-bond acceptors (Lipinski definition) is 11. The molecule has 15 nitrogen and oxygen atoms in total. The molecule has 3 aliphatic rings. The molecule has 0 aliphatic heterocycles. The van der Waals surface area contributed by atoms with Crippen LogP contribution in [0, 0.1) is 0 Å². The number of rotatable bonds is 22. The SMILES string of the molecule is CC(C)c1cc(Br)cc(C(C)C)c1CC(=O)O.CC(C)c1cc(C2CC2)cc(C(C)C)c1CC(=O)NS(=O)(=O)c1ccc(CN(C)C)cc1.CC(C)c1cc(C2CC2)cc(C(C)C)c1CC(=O)O.CN(C)Cc1ccc(S(N)(=O)=O)cc1.OB(O)C1CC1. The van der Waals surface area contributed by atoms with Crippen molar-refractivity contribution >= 4 is 60.9 Å². The zero-order valence-electron chi connectivity index (χ0n) is 54.9. The Kier molecular flexibility index (Phi) is 28.8. The monoisotopic (exact) mass is 1310 g/mol. The van der Waals surface area contributed by atoms with Gasteiger partial charge in [0, 0.05) is 17.6 Å². The molecule has 8 rings (SSSR count). The minimum atomic E-state index is -3.92. The van der Waals surface area contributed by atoms with E-state index in [0.717, 1.165) is 80.5 Å². The minimum Gasteiger partial charge on any atom is -0.481 e. The third kappa shape index (κ3) is 24.5. The predicted octanol–water partition coefficient (Wildman–Crippen LogP) is 13.7. The average molecular weight is 1320 g/mol. The van der Waals surface area contributed by atoms with Crippen molar-refractivity contribution in [2.75, 3.05) is 28.2 Å². The summed E-state index contributed by atoms with van der Waals surface area (Å²) in [5, 5.41) is 39.7. The van der Waals surface area contributed by atoms with E-state index < -0.39 is 45.0 Å². The van der Waals surface area contributed by atoms with Gasteiger partial charge >= 0.3 is 19.1 Å². The van der Waals surface area contributed by atoms with Crippen LogP contribution in [0.3, 0.4) is 0 Å². The van der Waals surface area contributed by atoms with Crippen LogP contribution in [0.5, 0.6) is 0 Å². The number of carboxylic acids is 2. The molecule has 484 valence electrons. The van der Waals surface area contributed by atoms with Crippen LogP contribution in [0.25, 0.3) is 0 Å². The van der Waals surface area contributed by atoms with E-state index >= 15 is 0 Å². The van der Waals surface area contributed by atoms with Crippen LogP contribution in [-0.2, 0) is 66.8 Å². The summed E-state index contributed by atoms with van der Waals surface area (Å²) in [7, 11) is -0.696. The van der Waals surface area contributed by atoms with Gasteiger partial charge in [0.2, 0.25) is 15.9 Å². The van der Waals surface area contributed by atoms with Crippen LogP contribution in [0.1, 0.15) is 241 Å². The van der Waals surface area contributed by atoms with E-state index in [1.54, 1.807) is 36.4 Å². The predicted molar refractivity (Wildman–Crippen MR) is 359 cm³/mol. The van der Waals surface area contributed by atoms with Crippen molar-refractivity contribution in [3.63, 3.8) is 0 Å². The van der Waals surface area contributed by atoms with Gasteiger partial charge in [-0.1, -0.05) is 160 Å². The first-order valence-electron chi connectivity index (χ1n) is 30.9. The Balaban J connectivity index is 0.000000255. The molecular formula is C69H100BBrN4O11S2. The van der Waals surface area contributed by atoms with E-state index in [-0.39, 0.29) is 46.7 Å². The molecule has 0 bridgehead atoms. The van der Waals surface area contributed by atoms with Crippen molar-refractivity contribution in [3.8, 4) is 0 Å². The lowest BCUT2D eigenvalue weighted by Gasteiger charge is -2.21. The number of primary sulfonamides is 1. The molecule has 0 saturated heterocycles. The van der Waals surface area contributed by atoms with Crippen molar-refractivity contribution in [1.29, 1.82) is 0 Å². The fourth-order valence-corrected chi connectivity index (χ4v) is 12.6. The van der Waals surface area contributed by atoms with E-state index in [9.17, 15) is 36.3 Å². The number of carboxylic acid groups (broad SMARTS) is 2. The molecule has 5 aromatic rings. The van der Waals surface area contributed by atoms with Crippen molar-refractivity contribution in [3.05, 3.63) is 162 Å². The van der Waals surface area contributed by atoms with Crippen LogP contribution in [0.2, 0.25) is 5.82 Å². The summed E-state index contributed by atoms with van der Waals surface area (Å²) < 4.78 is 50.8. The second kappa shape index (κ2) is 33.7. The summed E-state index contributed by atoms with van der Waals surface area (Å²) in [5.41, 5.74) is 14.9. The van der Waals surface area contributed by atoms with Crippen molar-refractivity contribution < 1.29 is 51.5 Å². The molecule has 3 fully saturated rings. The van der Waals surface area contributed by atoms with E-state index in [0.29, 0.717) is 35.5 Å². The van der Waals surface area contributed by atoms with E-state index in [2.05, 4.69) is 128 Å². The number of aliphatic carboxylic acids is 2. The maximum Gasteiger partial charge on any atom is 0.454 e. The van der Waals surface area contributed by atoms with Gasteiger partial charge in [0.1, 0.15) is 0 Å². The second-order valence-corrected chi connectivity index (χ2v) is 30.5. The van der Waals surface area contributed by atoms with Crippen LogP contribution in [0.15, 0.2) is 99.2 Å². The molecule has 1 amide bonds. The first-order valence-corrected chi connectivity index (χ1v) is 34.7. The second-order valence-electron chi connectivity index (χ2n) is 26.3. The average Bonchev–Trinajstić information content (AvgIpc) is 2.98. The highest BCUT2D eigenvalue weighted by Crippen LogP contribution is 2.45. The number of benzene rings is 5. The van der Waals surface area contributed by atoms with Gasteiger partial charge in [0.25, 0.3) is 10.0 Å². The Morgan fingerprint density at radius 2 is 0.807 bits per heavy atom. The molecule has 0 spiro atoms. The summed E-state index contributed by atoms with van der Waals surface area (Å²) in [6.45, 7) is 27.0. The third-order valence-corrected chi connectivity index (χ3v) is 18.3. The van der Waals surface area contributed by atoms with Gasteiger partial charge in [0.15, 0.2) is 0 Å². The molecular weight excluding hydrogens is 1220 g/mol. The number of nitrogens with one attached hydrogen (secondary N) is 1. The number of hydrogen-bond donors (Lipinski definition) is 6. The summed E-state index contributed by atoms with van der Waals surface area (Å²) >= 11 is 3.50. The molecule has 0 unspecified atom stereocenters. The van der Waals surface area contributed by atoms with Gasteiger partial charge in [-0.2, -0.15) is 0 Å². The van der Waals surface area contributed by atoms with Gasteiger partial charge in [-0.15, -0.1) is 0 Å². The lowest BCUT2D eigenvalue weighted by Crippen LogP contribution is -2.32.